The van der Waals surface area contributed by atoms with Crippen molar-refractivity contribution < 1.29 is 17.9 Å². The number of piperazine rings is 1. The second kappa shape index (κ2) is 9.72. The van der Waals surface area contributed by atoms with E-state index in [1.807, 2.05) is 18.2 Å². The summed E-state index contributed by atoms with van der Waals surface area (Å²) in [6.45, 7) is 3.01. The van der Waals surface area contributed by atoms with Gasteiger partial charge in [-0.3, -0.25) is 4.72 Å². The lowest BCUT2D eigenvalue weighted by molar-refractivity contribution is 0.354. The summed E-state index contributed by atoms with van der Waals surface area (Å²) in [5.41, 5.74) is 0.269. The third-order valence-corrected chi connectivity index (χ3v) is 6.95. The molecule has 0 radical (unpaired) electrons. The maximum atomic E-state index is 12.8. The van der Waals surface area contributed by atoms with Gasteiger partial charge in [-0.1, -0.05) is 17.7 Å². The molecule has 0 bridgehead atoms. The Morgan fingerprint density at radius 3 is 2.30 bits per heavy atom. The molecule has 174 valence electrons. The van der Waals surface area contributed by atoms with Crippen LogP contribution in [0.5, 0.6) is 11.5 Å². The zero-order chi connectivity index (χ0) is 23.4. The molecule has 11 heteroatoms. The van der Waals surface area contributed by atoms with Crippen molar-refractivity contribution >= 4 is 38.9 Å². The number of hydrogen-bond donors (Lipinski definition) is 1. The number of sulfonamides is 1. The number of benzene rings is 1. The van der Waals surface area contributed by atoms with Crippen molar-refractivity contribution in [2.45, 2.75) is 4.90 Å². The molecule has 2 aromatic heterocycles. The standard InChI is InChI=1S/C22H24ClN5O4S/c1-31-19-7-6-17(14-20(19)32-2)33(29,30)26-16-13-18(23)22(25-15-16)28-11-9-27(10-12-28)21-5-3-4-8-24-21/h3-8,13-15,26H,9-12H2,1-2H3. The molecule has 33 heavy (non-hydrogen) atoms. The van der Waals surface area contributed by atoms with E-state index < -0.39 is 10.0 Å². The van der Waals surface area contributed by atoms with Crippen molar-refractivity contribution in [3.05, 3.63) is 59.9 Å². The van der Waals surface area contributed by atoms with Crippen LogP contribution in [0.2, 0.25) is 5.02 Å². The van der Waals surface area contributed by atoms with Crippen LogP contribution in [0, 0.1) is 0 Å². The van der Waals surface area contributed by atoms with Gasteiger partial charge in [0.2, 0.25) is 0 Å². The lowest BCUT2D eigenvalue weighted by atomic mass is 10.3. The molecule has 3 aromatic rings. The van der Waals surface area contributed by atoms with E-state index in [4.69, 9.17) is 21.1 Å². The molecule has 1 aromatic carbocycles. The Morgan fingerprint density at radius 1 is 0.939 bits per heavy atom. The fourth-order valence-corrected chi connectivity index (χ4v) is 4.94. The first kappa shape index (κ1) is 22.9. The number of rotatable bonds is 7. The van der Waals surface area contributed by atoms with Crippen molar-refractivity contribution in [1.29, 1.82) is 0 Å². The quantitative estimate of drug-likeness (QED) is 0.540. The average molecular weight is 490 g/mol. The SMILES string of the molecule is COc1ccc(S(=O)(=O)Nc2cnc(N3CCN(c4ccccn4)CC3)c(Cl)c2)cc1OC. The number of pyridine rings is 2. The molecule has 9 nitrogen and oxygen atoms in total. The zero-order valence-electron chi connectivity index (χ0n) is 18.2. The van der Waals surface area contributed by atoms with E-state index in [9.17, 15) is 8.42 Å². The van der Waals surface area contributed by atoms with Gasteiger partial charge in [-0.25, -0.2) is 18.4 Å². The number of nitrogens with one attached hydrogen (secondary N) is 1. The highest BCUT2D eigenvalue weighted by atomic mass is 35.5. The molecular weight excluding hydrogens is 466 g/mol. The van der Waals surface area contributed by atoms with Gasteiger partial charge in [0.15, 0.2) is 11.5 Å². The van der Waals surface area contributed by atoms with Crippen molar-refractivity contribution in [2.75, 3.05) is 54.9 Å². The first-order valence-corrected chi connectivity index (χ1v) is 12.1. The minimum Gasteiger partial charge on any atom is -0.493 e. The Kier molecular flexibility index (Phi) is 6.75. The summed E-state index contributed by atoms with van der Waals surface area (Å²) in [6, 6.07) is 11.8. The van der Waals surface area contributed by atoms with Crippen LogP contribution < -0.4 is 24.0 Å². The molecule has 0 spiro atoms. The van der Waals surface area contributed by atoms with Crippen molar-refractivity contribution in [1.82, 2.24) is 9.97 Å². The third-order valence-electron chi connectivity index (χ3n) is 5.29. The summed E-state index contributed by atoms with van der Waals surface area (Å²) in [5, 5.41) is 0.369. The molecule has 1 aliphatic heterocycles. The zero-order valence-corrected chi connectivity index (χ0v) is 19.8. The number of halogens is 1. The summed E-state index contributed by atoms with van der Waals surface area (Å²) < 4.78 is 38.6. The largest absolute Gasteiger partial charge is 0.493 e. The predicted octanol–water partition coefficient (Wildman–Crippen LogP) is 3.27. The Morgan fingerprint density at radius 2 is 1.67 bits per heavy atom. The first-order valence-electron chi connectivity index (χ1n) is 10.2. The van der Waals surface area contributed by atoms with Crippen LogP contribution in [0.4, 0.5) is 17.3 Å². The second-order valence-corrected chi connectivity index (χ2v) is 9.40. The smallest absolute Gasteiger partial charge is 0.262 e. The monoisotopic (exact) mass is 489 g/mol. The Hall–Kier alpha value is -3.24. The fraction of sp³-hybridized carbons (Fsp3) is 0.273. The molecule has 0 atom stereocenters. The molecular formula is C22H24ClN5O4S. The van der Waals surface area contributed by atoms with E-state index in [1.54, 1.807) is 12.3 Å². The van der Waals surface area contributed by atoms with E-state index >= 15 is 0 Å². The van der Waals surface area contributed by atoms with Gasteiger partial charge >= 0.3 is 0 Å². The van der Waals surface area contributed by atoms with Crippen LogP contribution in [0.25, 0.3) is 0 Å². The van der Waals surface area contributed by atoms with Crippen molar-refractivity contribution in [3.8, 4) is 11.5 Å². The first-order chi connectivity index (χ1) is 15.9. The van der Waals surface area contributed by atoms with Crippen LogP contribution in [0.1, 0.15) is 0 Å². The lowest BCUT2D eigenvalue weighted by Crippen LogP contribution is -2.47. The van der Waals surface area contributed by atoms with Crippen LogP contribution in [-0.4, -0.2) is 58.8 Å². The van der Waals surface area contributed by atoms with Crippen molar-refractivity contribution in [2.24, 2.45) is 0 Å². The predicted molar refractivity (Wildman–Crippen MR) is 128 cm³/mol. The van der Waals surface area contributed by atoms with Crippen LogP contribution in [0.3, 0.4) is 0 Å². The molecule has 1 aliphatic rings. The maximum absolute atomic E-state index is 12.8. The van der Waals surface area contributed by atoms with Gasteiger partial charge < -0.3 is 19.3 Å². The van der Waals surface area contributed by atoms with E-state index in [2.05, 4.69) is 24.5 Å². The second-order valence-electron chi connectivity index (χ2n) is 7.31. The molecule has 0 amide bonds. The van der Waals surface area contributed by atoms with Gasteiger partial charge in [0, 0.05) is 38.4 Å². The van der Waals surface area contributed by atoms with Crippen molar-refractivity contribution in [3.63, 3.8) is 0 Å². The van der Waals surface area contributed by atoms with Crippen LogP contribution >= 0.6 is 11.6 Å². The van der Waals surface area contributed by atoms with E-state index in [0.29, 0.717) is 22.3 Å². The molecule has 1 saturated heterocycles. The van der Waals surface area contributed by atoms with E-state index in [-0.39, 0.29) is 10.6 Å². The number of nitrogens with zero attached hydrogens (tertiary/aromatic N) is 4. The van der Waals surface area contributed by atoms with Gasteiger partial charge in [-0.2, -0.15) is 0 Å². The van der Waals surface area contributed by atoms with E-state index in [0.717, 1.165) is 32.0 Å². The van der Waals surface area contributed by atoms with E-state index in [1.165, 1.54) is 38.6 Å². The highest BCUT2D eigenvalue weighted by Crippen LogP contribution is 2.31. The Bertz CT molecular complexity index is 1220. The number of ether oxygens (including phenoxy) is 2. The molecule has 3 heterocycles. The molecule has 0 saturated carbocycles. The number of anilines is 3. The van der Waals surface area contributed by atoms with Crippen LogP contribution in [0.15, 0.2) is 59.8 Å². The molecule has 1 fully saturated rings. The third kappa shape index (κ3) is 5.07. The Labute approximate surface area is 198 Å². The summed E-state index contributed by atoms with van der Waals surface area (Å²) in [4.78, 5) is 13.1. The van der Waals surface area contributed by atoms with Gasteiger partial charge in [0.25, 0.3) is 10.0 Å². The van der Waals surface area contributed by atoms with Gasteiger partial charge in [-0.15, -0.1) is 0 Å². The van der Waals surface area contributed by atoms with Gasteiger partial charge in [-0.05, 0) is 30.3 Å². The number of aromatic nitrogens is 2. The summed E-state index contributed by atoms with van der Waals surface area (Å²) in [5.74, 6) is 2.31. The highest BCUT2D eigenvalue weighted by molar-refractivity contribution is 7.92. The highest BCUT2D eigenvalue weighted by Gasteiger charge is 2.22. The minimum absolute atomic E-state index is 0.0333. The topological polar surface area (TPSA) is 96.9 Å². The molecule has 4 rings (SSSR count). The lowest BCUT2D eigenvalue weighted by Gasteiger charge is -2.36. The summed E-state index contributed by atoms with van der Waals surface area (Å²) in [6.07, 6.45) is 3.24. The van der Waals surface area contributed by atoms with Crippen LogP contribution in [-0.2, 0) is 10.0 Å². The fourth-order valence-electron chi connectivity index (χ4n) is 3.61. The number of methoxy groups -OCH3 is 2. The maximum Gasteiger partial charge on any atom is 0.262 e. The average Bonchev–Trinajstić information content (AvgIpc) is 2.84. The normalized spacial score (nSPS) is 14.2. The summed E-state index contributed by atoms with van der Waals surface area (Å²) in [7, 11) is -0.946. The molecule has 0 unspecified atom stereocenters. The molecule has 1 N–H and O–H groups in total. The summed E-state index contributed by atoms with van der Waals surface area (Å²) >= 11 is 6.48. The number of hydrogen-bond acceptors (Lipinski definition) is 8. The minimum atomic E-state index is -3.87. The Balaban J connectivity index is 1.46. The van der Waals surface area contributed by atoms with Gasteiger partial charge in [0.1, 0.15) is 11.6 Å². The van der Waals surface area contributed by atoms with Gasteiger partial charge in [0.05, 0.1) is 36.0 Å². The molecule has 0 aliphatic carbocycles.